The summed E-state index contributed by atoms with van der Waals surface area (Å²) in [5.41, 5.74) is 0. The molecule has 1 N–H and O–H groups in total. The van der Waals surface area contributed by atoms with E-state index in [2.05, 4.69) is 15.5 Å². The number of furan rings is 1. The maximum Gasteiger partial charge on any atom is 0.283 e. The van der Waals surface area contributed by atoms with Crippen molar-refractivity contribution in [1.82, 2.24) is 20.4 Å². The second-order valence-corrected chi connectivity index (χ2v) is 4.04. The third kappa shape index (κ3) is 2.25. The van der Waals surface area contributed by atoms with E-state index >= 15 is 0 Å². The van der Waals surface area contributed by atoms with Gasteiger partial charge in [0.05, 0.1) is 19.4 Å². The number of carbonyl (C=O) groups is 1. The van der Waals surface area contributed by atoms with Gasteiger partial charge in [-0.1, -0.05) is 0 Å². The zero-order chi connectivity index (χ0) is 12.4. The van der Waals surface area contributed by atoms with Gasteiger partial charge in [-0.15, -0.1) is 10.2 Å². The molecule has 1 fully saturated rings. The zero-order valence-corrected chi connectivity index (χ0v) is 9.63. The van der Waals surface area contributed by atoms with Crippen LogP contribution in [-0.2, 0) is 11.3 Å². The van der Waals surface area contributed by atoms with E-state index in [1.807, 2.05) is 4.90 Å². The Labute approximate surface area is 103 Å². The summed E-state index contributed by atoms with van der Waals surface area (Å²) in [4.78, 5) is 13.2. The van der Waals surface area contributed by atoms with Gasteiger partial charge in [-0.2, -0.15) is 0 Å². The average Bonchev–Trinajstić information content (AvgIpc) is 2.98. The highest BCUT2D eigenvalue weighted by Crippen LogP contribution is 2.18. The Bertz CT molecular complexity index is 534. The molecule has 1 aliphatic rings. The van der Waals surface area contributed by atoms with Crippen molar-refractivity contribution in [2.45, 2.75) is 6.54 Å². The van der Waals surface area contributed by atoms with Crippen LogP contribution in [0.1, 0.15) is 5.89 Å². The lowest BCUT2D eigenvalue weighted by atomic mass is 10.3. The number of amides is 1. The summed E-state index contributed by atoms with van der Waals surface area (Å²) in [6, 6.07) is 3.51. The molecular weight excluding hydrogens is 236 g/mol. The van der Waals surface area contributed by atoms with Crippen LogP contribution in [-0.4, -0.2) is 40.6 Å². The van der Waals surface area contributed by atoms with E-state index in [0.29, 0.717) is 37.2 Å². The predicted molar refractivity (Wildman–Crippen MR) is 60.3 cm³/mol. The second kappa shape index (κ2) is 4.61. The van der Waals surface area contributed by atoms with Crippen molar-refractivity contribution in [2.24, 2.45) is 0 Å². The molecule has 1 saturated heterocycles. The lowest BCUT2D eigenvalue weighted by Gasteiger charge is -2.24. The van der Waals surface area contributed by atoms with Crippen LogP contribution in [0.25, 0.3) is 11.7 Å². The number of piperazine rings is 1. The molecule has 2 aromatic heterocycles. The maximum absolute atomic E-state index is 11.2. The smallest absolute Gasteiger partial charge is 0.283 e. The Kier molecular flexibility index (Phi) is 2.81. The van der Waals surface area contributed by atoms with Crippen LogP contribution in [0, 0.1) is 0 Å². The van der Waals surface area contributed by atoms with Gasteiger partial charge < -0.3 is 14.2 Å². The molecule has 2 aromatic rings. The minimum atomic E-state index is 0.0204. The van der Waals surface area contributed by atoms with Crippen molar-refractivity contribution in [3.63, 3.8) is 0 Å². The highest BCUT2D eigenvalue weighted by atomic mass is 16.4. The molecule has 0 spiro atoms. The summed E-state index contributed by atoms with van der Waals surface area (Å²) >= 11 is 0. The van der Waals surface area contributed by atoms with Gasteiger partial charge in [0.15, 0.2) is 5.76 Å². The van der Waals surface area contributed by atoms with Gasteiger partial charge in [0.25, 0.3) is 5.89 Å². The first-order chi connectivity index (χ1) is 8.81. The Morgan fingerprint density at radius 3 is 3.17 bits per heavy atom. The zero-order valence-electron chi connectivity index (χ0n) is 9.63. The average molecular weight is 248 g/mol. The first-order valence-corrected chi connectivity index (χ1v) is 5.66. The van der Waals surface area contributed by atoms with Gasteiger partial charge in [0.2, 0.25) is 11.8 Å². The fourth-order valence-electron chi connectivity index (χ4n) is 1.84. The Balaban J connectivity index is 1.68. The Morgan fingerprint density at radius 2 is 2.39 bits per heavy atom. The van der Waals surface area contributed by atoms with Crippen molar-refractivity contribution in [1.29, 1.82) is 0 Å². The standard InChI is InChI=1S/C11H12N4O3/c16-9-6-15(4-3-12-9)7-10-13-14-11(18-10)8-2-1-5-17-8/h1-2,5H,3-4,6-7H2,(H,12,16). The molecule has 1 aliphatic heterocycles. The molecule has 0 aromatic carbocycles. The second-order valence-electron chi connectivity index (χ2n) is 4.04. The molecule has 7 nitrogen and oxygen atoms in total. The summed E-state index contributed by atoms with van der Waals surface area (Å²) in [5, 5.41) is 10.6. The Morgan fingerprint density at radius 1 is 1.44 bits per heavy atom. The van der Waals surface area contributed by atoms with E-state index in [-0.39, 0.29) is 5.91 Å². The molecule has 0 atom stereocenters. The highest BCUT2D eigenvalue weighted by molar-refractivity contribution is 5.78. The van der Waals surface area contributed by atoms with Crippen LogP contribution in [0.4, 0.5) is 0 Å². The topological polar surface area (TPSA) is 84.4 Å². The molecule has 0 unspecified atom stereocenters. The van der Waals surface area contributed by atoms with Crippen molar-refractivity contribution in [3.8, 4) is 11.7 Å². The lowest BCUT2D eigenvalue weighted by Crippen LogP contribution is -2.47. The number of nitrogens with zero attached hydrogens (tertiary/aromatic N) is 3. The fraction of sp³-hybridized carbons (Fsp3) is 0.364. The molecule has 0 radical (unpaired) electrons. The maximum atomic E-state index is 11.2. The molecular formula is C11H12N4O3. The number of rotatable bonds is 3. The van der Waals surface area contributed by atoms with Crippen molar-refractivity contribution >= 4 is 5.91 Å². The summed E-state index contributed by atoms with van der Waals surface area (Å²) in [5.74, 6) is 1.41. The fourth-order valence-corrected chi connectivity index (χ4v) is 1.84. The normalized spacial score (nSPS) is 16.8. The van der Waals surface area contributed by atoms with E-state index in [0.717, 1.165) is 6.54 Å². The number of hydrogen-bond acceptors (Lipinski definition) is 6. The molecule has 7 heteroatoms. The van der Waals surface area contributed by atoms with Crippen molar-refractivity contribution < 1.29 is 13.6 Å². The molecule has 0 bridgehead atoms. The number of aromatic nitrogens is 2. The summed E-state index contributed by atoms with van der Waals surface area (Å²) in [6.45, 7) is 2.27. The SMILES string of the molecule is O=C1CN(Cc2nnc(-c3ccco3)o2)CCN1. The van der Waals surface area contributed by atoms with E-state index in [9.17, 15) is 4.79 Å². The van der Waals surface area contributed by atoms with E-state index in [1.54, 1.807) is 18.4 Å². The molecule has 18 heavy (non-hydrogen) atoms. The van der Waals surface area contributed by atoms with Crippen molar-refractivity contribution in [3.05, 3.63) is 24.3 Å². The third-order valence-electron chi connectivity index (χ3n) is 2.68. The van der Waals surface area contributed by atoms with E-state index in [1.165, 1.54) is 0 Å². The minimum absolute atomic E-state index is 0.0204. The highest BCUT2D eigenvalue weighted by Gasteiger charge is 2.19. The van der Waals surface area contributed by atoms with Crippen molar-refractivity contribution in [2.75, 3.05) is 19.6 Å². The van der Waals surface area contributed by atoms with Gasteiger partial charge in [-0.25, -0.2) is 0 Å². The van der Waals surface area contributed by atoms with Crippen LogP contribution in [0.2, 0.25) is 0 Å². The quantitative estimate of drug-likeness (QED) is 0.838. The number of nitrogens with one attached hydrogen (secondary N) is 1. The molecule has 94 valence electrons. The minimum Gasteiger partial charge on any atom is -0.459 e. The summed E-state index contributed by atoms with van der Waals surface area (Å²) < 4.78 is 10.6. The lowest BCUT2D eigenvalue weighted by molar-refractivity contribution is -0.124. The van der Waals surface area contributed by atoms with Crippen LogP contribution < -0.4 is 5.32 Å². The third-order valence-corrected chi connectivity index (χ3v) is 2.68. The monoisotopic (exact) mass is 248 g/mol. The van der Waals surface area contributed by atoms with Gasteiger partial charge in [-0.3, -0.25) is 9.69 Å². The summed E-state index contributed by atoms with van der Waals surface area (Å²) in [7, 11) is 0. The van der Waals surface area contributed by atoms with Crippen LogP contribution in [0.15, 0.2) is 27.2 Å². The van der Waals surface area contributed by atoms with Gasteiger partial charge >= 0.3 is 0 Å². The van der Waals surface area contributed by atoms with Gasteiger partial charge in [-0.05, 0) is 12.1 Å². The first-order valence-electron chi connectivity index (χ1n) is 5.66. The predicted octanol–water partition coefficient (Wildman–Crippen LogP) is 0.261. The first kappa shape index (κ1) is 11.0. The summed E-state index contributed by atoms with van der Waals surface area (Å²) in [6.07, 6.45) is 1.55. The largest absolute Gasteiger partial charge is 0.459 e. The molecule has 0 aliphatic carbocycles. The molecule has 3 rings (SSSR count). The molecule has 1 amide bonds. The van der Waals surface area contributed by atoms with Crippen LogP contribution >= 0.6 is 0 Å². The van der Waals surface area contributed by atoms with Gasteiger partial charge in [0, 0.05) is 13.1 Å². The number of carbonyl (C=O) groups excluding carboxylic acids is 1. The molecule has 3 heterocycles. The Hall–Kier alpha value is -2.15. The van der Waals surface area contributed by atoms with E-state index < -0.39 is 0 Å². The number of hydrogen-bond donors (Lipinski definition) is 1. The van der Waals surface area contributed by atoms with E-state index in [4.69, 9.17) is 8.83 Å². The van der Waals surface area contributed by atoms with Gasteiger partial charge in [0.1, 0.15) is 0 Å². The van der Waals surface area contributed by atoms with Crippen LogP contribution in [0.5, 0.6) is 0 Å². The van der Waals surface area contributed by atoms with Crippen LogP contribution in [0.3, 0.4) is 0 Å². The molecule has 0 saturated carbocycles.